The van der Waals surface area contributed by atoms with Crippen molar-refractivity contribution in [2.24, 2.45) is 0 Å². The van der Waals surface area contributed by atoms with Gasteiger partial charge in [-0.1, -0.05) is 36.4 Å². The summed E-state index contributed by atoms with van der Waals surface area (Å²) in [5.41, 5.74) is 1.55. The molecule has 34 heavy (non-hydrogen) atoms. The van der Waals surface area contributed by atoms with E-state index >= 15 is 0 Å². The number of rotatable bonds is 7. The zero-order valence-corrected chi connectivity index (χ0v) is 20.5. The van der Waals surface area contributed by atoms with Crippen LogP contribution in [0.2, 0.25) is 0 Å². The van der Waals surface area contributed by atoms with Crippen LogP contribution in [0.15, 0.2) is 81.7 Å². The van der Waals surface area contributed by atoms with E-state index in [4.69, 9.17) is 0 Å². The van der Waals surface area contributed by atoms with Crippen LogP contribution in [0.3, 0.4) is 0 Å². The Balaban J connectivity index is 1.34. The Labute approximate surface area is 203 Å². The Morgan fingerprint density at radius 1 is 0.853 bits per heavy atom. The number of nitrogens with one attached hydrogen (secondary N) is 1. The average molecular weight is 518 g/mol. The van der Waals surface area contributed by atoms with Gasteiger partial charge in [-0.15, -0.1) is 11.3 Å². The highest BCUT2D eigenvalue weighted by molar-refractivity contribution is 7.94. The summed E-state index contributed by atoms with van der Waals surface area (Å²) in [6, 6.07) is 18.5. The van der Waals surface area contributed by atoms with E-state index in [-0.39, 0.29) is 36.3 Å². The molecule has 11 heteroatoms. The van der Waals surface area contributed by atoms with Crippen LogP contribution in [0, 0.1) is 0 Å². The number of nitrogens with zero attached hydrogens (tertiary/aromatic N) is 2. The molecule has 1 aromatic heterocycles. The lowest BCUT2D eigenvalue weighted by molar-refractivity contribution is 0.0698. The molecule has 3 aromatic rings. The second-order valence-electron chi connectivity index (χ2n) is 7.56. The fourth-order valence-corrected chi connectivity index (χ4v) is 6.67. The molecule has 0 atom stereocenters. The minimum Gasteiger partial charge on any atom is -0.336 e. The van der Waals surface area contributed by atoms with E-state index in [0.29, 0.717) is 11.3 Å². The monoisotopic (exact) mass is 517 g/mol. The van der Waals surface area contributed by atoms with Crippen molar-refractivity contribution in [3.8, 4) is 0 Å². The second kappa shape index (κ2) is 10.1. The van der Waals surface area contributed by atoms with E-state index in [9.17, 15) is 21.6 Å². The van der Waals surface area contributed by atoms with Crippen LogP contribution in [-0.2, 0) is 20.0 Å². The summed E-state index contributed by atoms with van der Waals surface area (Å²) < 4.78 is 54.0. The van der Waals surface area contributed by atoms with Crippen LogP contribution in [0.1, 0.15) is 15.9 Å². The smallest absolute Gasteiger partial charge is 0.271 e. The third-order valence-electron chi connectivity index (χ3n) is 5.26. The van der Waals surface area contributed by atoms with Crippen LogP contribution in [-0.4, -0.2) is 58.1 Å². The van der Waals surface area contributed by atoms with Crippen molar-refractivity contribution >= 4 is 49.1 Å². The van der Waals surface area contributed by atoms with Gasteiger partial charge in [0.1, 0.15) is 4.21 Å². The van der Waals surface area contributed by atoms with Crippen LogP contribution < -0.4 is 4.72 Å². The Kier molecular flexibility index (Phi) is 7.17. The molecule has 1 aliphatic heterocycles. The molecule has 4 rings (SSSR count). The number of hydrogen-bond donors (Lipinski definition) is 1. The number of amides is 1. The molecule has 0 spiro atoms. The fourth-order valence-electron chi connectivity index (χ4n) is 3.45. The van der Waals surface area contributed by atoms with Crippen LogP contribution in [0.5, 0.6) is 0 Å². The number of anilines is 1. The first-order chi connectivity index (χ1) is 16.2. The number of hydrogen-bond acceptors (Lipinski definition) is 6. The quantitative estimate of drug-likeness (QED) is 0.518. The summed E-state index contributed by atoms with van der Waals surface area (Å²) in [6.07, 6.45) is 1.56. The first-order valence-electron chi connectivity index (χ1n) is 10.4. The first-order valence-corrected chi connectivity index (χ1v) is 14.3. The molecule has 0 unspecified atom stereocenters. The summed E-state index contributed by atoms with van der Waals surface area (Å²) in [5, 5.41) is 2.87. The molecule has 0 saturated carbocycles. The number of benzene rings is 2. The van der Waals surface area contributed by atoms with Gasteiger partial charge in [0.2, 0.25) is 10.0 Å². The molecule has 2 aromatic carbocycles. The Morgan fingerprint density at radius 3 is 2.15 bits per heavy atom. The van der Waals surface area contributed by atoms with Crippen LogP contribution >= 0.6 is 11.3 Å². The molecule has 0 aliphatic carbocycles. The van der Waals surface area contributed by atoms with Crippen molar-refractivity contribution in [1.29, 1.82) is 0 Å². The van der Waals surface area contributed by atoms with Gasteiger partial charge in [0.05, 0.1) is 0 Å². The number of carbonyl (C=O) groups is 1. The number of piperazine rings is 1. The van der Waals surface area contributed by atoms with Crippen LogP contribution in [0.25, 0.3) is 6.08 Å². The van der Waals surface area contributed by atoms with E-state index in [1.807, 2.05) is 30.3 Å². The fraction of sp³-hybridized carbons (Fsp3) is 0.174. The van der Waals surface area contributed by atoms with E-state index in [2.05, 4.69) is 4.72 Å². The van der Waals surface area contributed by atoms with E-state index < -0.39 is 20.0 Å². The van der Waals surface area contributed by atoms with Gasteiger partial charge in [0, 0.05) is 42.8 Å². The maximum absolute atomic E-state index is 12.9. The molecule has 1 N–H and O–H groups in total. The summed E-state index contributed by atoms with van der Waals surface area (Å²) in [4.78, 5) is 14.5. The molecule has 1 amide bonds. The molecule has 2 heterocycles. The zero-order valence-electron chi connectivity index (χ0n) is 18.1. The molecule has 1 saturated heterocycles. The third kappa shape index (κ3) is 5.73. The van der Waals surface area contributed by atoms with E-state index in [0.717, 1.165) is 16.9 Å². The summed E-state index contributed by atoms with van der Waals surface area (Å²) in [5.74, 6) is -0.232. The average Bonchev–Trinajstić information content (AvgIpc) is 3.40. The SMILES string of the molecule is O=C(c1ccc(NS(=O)(=O)c2cccs2)cc1)N1CCN(S(=O)(=O)/C=C\c2ccccc2)CC1. The highest BCUT2D eigenvalue weighted by Gasteiger charge is 2.28. The predicted molar refractivity (Wildman–Crippen MR) is 133 cm³/mol. The maximum Gasteiger partial charge on any atom is 0.271 e. The standard InChI is InChI=1S/C23H23N3O5S3/c27-23(20-8-10-21(11-9-20)24-34(30,31)22-7-4-17-32-22)25-13-15-26(16-14-25)33(28,29)18-12-19-5-2-1-3-6-19/h1-12,17-18,24H,13-16H2/b18-12-. The lowest BCUT2D eigenvalue weighted by Gasteiger charge is -2.33. The van der Waals surface area contributed by atoms with Gasteiger partial charge in [0.15, 0.2) is 0 Å². The topological polar surface area (TPSA) is 104 Å². The van der Waals surface area contributed by atoms with Gasteiger partial charge >= 0.3 is 0 Å². The summed E-state index contributed by atoms with van der Waals surface area (Å²) in [6.45, 7) is 0.936. The number of carbonyl (C=O) groups excluding carboxylic acids is 1. The zero-order chi connectivity index (χ0) is 24.2. The normalized spacial score (nSPS) is 15.5. The third-order valence-corrected chi connectivity index (χ3v) is 9.61. The Morgan fingerprint density at radius 2 is 1.53 bits per heavy atom. The van der Waals surface area contributed by atoms with Crippen molar-refractivity contribution in [2.45, 2.75) is 4.21 Å². The van der Waals surface area contributed by atoms with Gasteiger partial charge in [-0.05, 0) is 47.4 Å². The molecular weight excluding hydrogens is 494 g/mol. The molecular formula is C23H23N3O5S3. The molecule has 1 aliphatic rings. The lowest BCUT2D eigenvalue weighted by Crippen LogP contribution is -2.50. The molecule has 8 nitrogen and oxygen atoms in total. The van der Waals surface area contributed by atoms with Gasteiger partial charge < -0.3 is 4.90 Å². The van der Waals surface area contributed by atoms with E-state index in [1.165, 1.54) is 27.9 Å². The second-order valence-corrected chi connectivity index (χ2v) is 12.2. The Bertz CT molecular complexity index is 1360. The van der Waals surface area contributed by atoms with Gasteiger partial charge in [-0.3, -0.25) is 9.52 Å². The van der Waals surface area contributed by atoms with Gasteiger partial charge in [0.25, 0.3) is 15.9 Å². The minimum absolute atomic E-state index is 0.200. The van der Waals surface area contributed by atoms with Crippen molar-refractivity contribution < 1.29 is 21.6 Å². The van der Waals surface area contributed by atoms with Crippen LogP contribution in [0.4, 0.5) is 5.69 Å². The van der Waals surface area contributed by atoms with Crippen molar-refractivity contribution in [3.05, 3.63) is 88.6 Å². The molecule has 0 bridgehead atoms. The highest BCUT2D eigenvalue weighted by Crippen LogP contribution is 2.21. The largest absolute Gasteiger partial charge is 0.336 e. The number of thiophene rings is 1. The summed E-state index contributed by atoms with van der Waals surface area (Å²) >= 11 is 1.12. The van der Waals surface area contributed by atoms with E-state index in [1.54, 1.807) is 34.6 Å². The minimum atomic E-state index is -3.66. The lowest BCUT2D eigenvalue weighted by atomic mass is 10.1. The molecule has 178 valence electrons. The molecule has 0 radical (unpaired) electrons. The maximum atomic E-state index is 12.9. The molecule has 1 fully saturated rings. The van der Waals surface area contributed by atoms with Crippen molar-refractivity contribution in [3.63, 3.8) is 0 Å². The van der Waals surface area contributed by atoms with Gasteiger partial charge in [-0.25, -0.2) is 16.8 Å². The predicted octanol–water partition coefficient (Wildman–Crippen LogP) is 3.31. The van der Waals surface area contributed by atoms with Crippen molar-refractivity contribution in [2.75, 3.05) is 30.9 Å². The van der Waals surface area contributed by atoms with Gasteiger partial charge in [-0.2, -0.15) is 4.31 Å². The number of sulfonamides is 2. The van der Waals surface area contributed by atoms with Crippen molar-refractivity contribution in [1.82, 2.24) is 9.21 Å². The summed E-state index contributed by atoms with van der Waals surface area (Å²) in [7, 11) is -7.25. The first kappa shape index (κ1) is 24.1. The highest BCUT2D eigenvalue weighted by atomic mass is 32.2. The Hall–Kier alpha value is -2.99.